The van der Waals surface area contributed by atoms with E-state index in [1.165, 1.54) is 0 Å². The summed E-state index contributed by atoms with van der Waals surface area (Å²) in [7, 11) is 0. The zero-order chi connectivity index (χ0) is 18.6. The van der Waals surface area contributed by atoms with Crippen LogP contribution >= 0.6 is 0 Å². The fourth-order valence-electron chi connectivity index (χ4n) is 3.51. The van der Waals surface area contributed by atoms with Gasteiger partial charge in [-0.3, -0.25) is 9.80 Å². The van der Waals surface area contributed by atoms with Gasteiger partial charge in [0.2, 0.25) is 0 Å². The molecule has 2 atom stereocenters. The number of benzene rings is 1. The molecule has 140 valence electrons. The summed E-state index contributed by atoms with van der Waals surface area (Å²) in [6.07, 6.45) is -4.69. The summed E-state index contributed by atoms with van der Waals surface area (Å²) in [5.41, 5.74) is 1.30. The molecule has 0 saturated carbocycles. The smallest absolute Gasteiger partial charge is 0.389 e. The number of carboxylic acid groups (broad SMARTS) is 1. The van der Waals surface area contributed by atoms with Crippen molar-refractivity contribution in [2.45, 2.75) is 51.5 Å². The standard InChI is InChI=1S/C18H25F3N2O2/c1-13-10-22(12-15-4-6-16(7-5-15)17(24)25)11-14(2)23(13)9-3-8-18(19,20)21/h4-7,13-14H,3,8-12H2,1-2H3,(H,24,25)/t13-,14+. The summed E-state index contributed by atoms with van der Waals surface area (Å²) in [4.78, 5) is 15.3. The van der Waals surface area contributed by atoms with Crippen molar-refractivity contribution < 1.29 is 23.1 Å². The van der Waals surface area contributed by atoms with E-state index in [1.54, 1.807) is 12.1 Å². The Balaban J connectivity index is 1.87. The molecule has 0 aliphatic carbocycles. The van der Waals surface area contributed by atoms with Gasteiger partial charge in [-0.2, -0.15) is 13.2 Å². The van der Waals surface area contributed by atoms with Crippen LogP contribution in [-0.4, -0.2) is 58.8 Å². The number of carboxylic acids is 1. The lowest BCUT2D eigenvalue weighted by molar-refractivity contribution is -0.137. The van der Waals surface area contributed by atoms with Crippen LogP contribution < -0.4 is 0 Å². The highest BCUT2D eigenvalue weighted by Crippen LogP contribution is 2.24. The number of halogens is 3. The summed E-state index contributed by atoms with van der Waals surface area (Å²) in [6.45, 7) is 6.84. The van der Waals surface area contributed by atoms with Crippen LogP contribution in [-0.2, 0) is 6.54 Å². The van der Waals surface area contributed by atoms with Crippen molar-refractivity contribution in [3.63, 3.8) is 0 Å². The van der Waals surface area contributed by atoms with Crippen molar-refractivity contribution in [3.8, 4) is 0 Å². The third kappa shape index (κ3) is 6.01. The van der Waals surface area contributed by atoms with Gasteiger partial charge in [-0.1, -0.05) is 12.1 Å². The summed E-state index contributed by atoms with van der Waals surface area (Å²) in [5.74, 6) is -0.943. The van der Waals surface area contributed by atoms with E-state index in [4.69, 9.17) is 5.11 Å². The molecule has 0 spiro atoms. The van der Waals surface area contributed by atoms with E-state index in [9.17, 15) is 18.0 Å². The number of hydrogen-bond acceptors (Lipinski definition) is 3. The molecule has 0 unspecified atom stereocenters. The van der Waals surface area contributed by atoms with Crippen molar-refractivity contribution in [2.24, 2.45) is 0 Å². The van der Waals surface area contributed by atoms with Gasteiger partial charge in [-0.15, -0.1) is 0 Å². The number of carbonyl (C=O) groups is 1. The molecule has 0 amide bonds. The third-order valence-corrected chi connectivity index (χ3v) is 4.66. The summed E-state index contributed by atoms with van der Waals surface area (Å²) in [5, 5.41) is 8.93. The minimum atomic E-state index is -4.09. The fourth-order valence-corrected chi connectivity index (χ4v) is 3.51. The Morgan fingerprint density at radius 1 is 1.16 bits per heavy atom. The van der Waals surface area contributed by atoms with Gasteiger partial charge >= 0.3 is 12.1 Å². The molecule has 1 aromatic rings. The van der Waals surface area contributed by atoms with Gasteiger partial charge < -0.3 is 5.11 Å². The molecule has 1 heterocycles. The summed E-state index contributed by atoms with van der Waals surface area (Å²) < 4.78 is 37.0. The highest BCUT2D eigenvalue weighted by Gasteiger charge is 2.31. The first kappa shape index (κ1) is 19.7. The molecule has 1 saturated heterocycles. The van der Waals surface area contributed by atoms with Crippen molar-refractivity contribution in [3.05, 3.63) is 35.4 Å². The molecule has 25 heavy (non-hydrogen) atoms. The highest BCUT2D eigenvalue weighted by molar-refractivity contribution is 5.87. The number of piperazine rings is 1. The average molecular weight is 358 g/mol. The van der Waals surface area contributed by atoms with E-state index in [0.717, 1.165) is 18.7 Å². The molecule has 2 rings (SSSR count). The van der Waals surface area contributed by atoms with E-state index in [1.807, 2.05) is 26.0 Å². The number of rotatable bonds is 6. The van der Waals surface area contributed by atoms with E-state index in [-0.39, 0.29) is 24.1 Å². The Kier molecular flexibility index (Phi) is 6.46. The van der Waals surface area contributed by atoms with Gasteiger partial charge in [-0.25, -0.2) is 4.79 Å². The zero-order valence-electron chi connectivity index (χ0n) is 14.6. The lowest BCUT2D eigenvalue weighted by Crippen LogP contribution is -2.56. The second-order valence-corrected chi connectivity index (χ2v) is 6.85. The largest absolute Gasteiger partial charge is 0.478 e. The van der Waals surface area contributed by atoms with E-state index in [0.29, 0.717) is 13.1 Å². The topological polar surface area (TPSA) is 43.8 Å². The second kappa shape index (κ2) is 8.19. The van der Waals surface area contributed by atoms with Gasteiger partial charge in [-0.05, 0) is 44.5 Å². The van der Waals surface area contributed by atoms with Crippen LogP contribution in [0, 0.1) is 0 Å². The fraction of sp³-hybridized carbons (Fsp3) is 0.611. The first-order chi connectivity index (χ1) is 11.7. The quantitative estimate of drug-likeness (QED) is 0.844. The molecule has 4 nitrogen and oxygen atoms in total. The predicted molar refractivity (Wildman–Crippen MR) is 89.6 cm³/mol. The maximum Gasteiger partial charge on any atom is 0.389 e. The van der Waals surface area contributed by atoms with Crippen LogP contribution in [0.5, 0.6) is 0 Å². The number of hydrogen-bond donors (Lipinski definition) is 1. The van der Waals surface area contributed by atoms with Crippen LogP contribution in [0.2, 0.25) is 0 Å². The molecular formula is C18H25F3N2O2. The van der Waals surface area contributed by atoms with Crippen molar-refractivity contribution in [1.29, 1.82) is 0 Å². The Morgan fingerprint density at radius 2 is 1.72 bits per heavy atom. The van der Waals surface area contributed by atoms with Crippen molar-refractivity contribution >= 4 is 5.97 Å². The molecule has 1 aliphatic heterocycles. The minimum Gasteiger partial charge on any atom is -0.478 e. The first-order valence-corrected chi connectivity index (χ1v) is 8.53. The minimum absolute atomic E-state index is 0.134. The maximum absolute atomic E-state index is 12.3. The Bertz CT molecular complexity index is 563. The molecule has 0 radical (unpaired) electrons. The van der Waals surface area contributed by atoms with Crippen LogP contribution in [0.4, 0.5) is 13.2 Å². The molecular weight excluding hydrogens is 333 g/mol. The van der Waals surface area contributed by atoms with Gasteiger partial charge in [0.05, 0.1) is 5.56 Å². The van der Waals surface area contributed by atoms with Crippen LogP contribution in [0.1, 0.15) is 42.6 Å². The zero-order valence-corrected chi connectivity index (χ0v) is 14.6. The molecule has 0 aromatic heterocycles. The number of nitrogens with zero attached hydrogens (tertiary/aromatic N) is 2. The molecule has 7 heteroatoms. The van der Waals surface area contributed by atoms with Crippen molar-refractivity contribution in [1.82, 2.24) is 9.80 Å². The van der Waals surface area contributed by atoms with Gasteiger partial charge in [0.25, 0.3) is 0 Å². The van der Waals surface area contributed by atoms with Gasteiger partial charge in [0.1, 0.15) is 0 Å². The molecule has 1 aliphatic rings. The maximum atomic E-state index is 12.3. The first-order valence-electron chi connectivity index (χ1n) is 8.53. The SMILES string of the molecule is C[C@@H]1CN(Cc2ccc(C(=O)O)cc2)C[C@H](C)N1CCCC(F)(F)F. The summed E-state index contributed by atoms with van der Waals surface area (Å²) >= 11 is 0. The summed E-state index contributed by atoms with van der Waals surface area (Å²) in [6, 6.07) is 7.20. The lowest BCUT2D eigenvalue weighted by atomic mass is 10.1. The van der Waals surface area contributed by atoms with E-state index >= 15 is 0 Å². The van der Waals surface area contributed by atoms with Crippen LogP contribution in [0.3, 0.4) is 0 Å². The second-order valence-electron chi connectivity index (χ2n) is 6.85. The molecule has 0 bridgehead atoms. The molecule has 1 N–H and O–H groups in total. The Morgan fingerprint density at radius 3 is 2.20 bits per heavy atom. The normalized spacial score (nSPS) is 22.9. The van der Waals surface area contributed by atoms with E-state index < -0.39 is 18.6 Å². The number of alkyl halides is 3. The Labute approximate surface area is 146 Å². The third-order valence-electron chi connectivity index (χ3n) is 4.66. The lowest BCUT2D eigenvalue weighted by Gasteiger charge is -2.44. The van der Waals surface area contributed by atoms with Gasteiger partial charge in [0, 0.05) is 38.1 Å². The van der Waals surface area contributed by atoms with Gasteiger partial charge in [0.15, 0.2) is 0 Å². The highest BCUT2D eigenvalue weighted by atomic mass is 19.4. The molecule has 1 aromatic carbocycles. The van der Waals surface area contributed by atoms with Crippen molar-refractivity contribution in [2.75, 3.05) is 19.6 Å². The van der Waals surface area contributed by atoms with Crippen LogP contribution in [0.25, 0.3) is 0 Å². The van der Waals surface area contributed by atoms with Crippen LogP contribution in [0.15, 0.2) is 24.3 Å². The van der Waals surface area contributed by atoms with E-state index in [2.05, 4.69) is 9.80 Å². The Hall–Kier alpha value is -1.60. The number of aromatic carboxylic acids is 1. The molecule has 1 fully saturated rings. The average Bonchev–Trinajstić information content (AvgIpc) is 2.49. The predicted octanol–water partition coefficient (Wildman–Crippen LogP) is 3.62. The monoisotopic (exact) mass is 358 g/mol.